The first kappa shape index (κ1) is 15.2. The van der Waals surface area contributed by atoms with Gasteiger partial charge in [0.25, 0.3) is 0 Å². The number of amides is 1. The Labute approximate surface area is 136 Å². The maximum absolute atomic E-state index is 12.2. The van der Waals surface area contributed by atoms with Crippen molar-refractivity contribution in [2.24, 2.45) is 0 Å². The largest absolute Gasteiger partial charge is 0.461 e. The van der Waals surface area contributed by atoms with Crippen LogP contribution in [0.15, 0.2) is 35.8 Å². The third kappa shape index (κ3) is 3.40. The Hall–Kier alpha value is -2.67. The van der Waals surface area contributed by atoms with Gasteiger partial charge in [-0.05, 0) is 18.6 Å². The van der Waals surface area contributed by atoms with E-state index in [4.69, 9.17) is 4.74 Å². The summed E-state index contributed by atoms with van der Waals surface area (Å²) in [5.41, 5.74) is 2.12. The van der Waals surface area contributed by atoms with E-state index in [-0.39, 0.29) is 18.0 Å². The van der Waals surface area contributed by atoms with Crippen molar-refractivity contribution in [3.05, 3.63) is 47.1 Å². The van der Waals surface area contributed by atoms with E-state index >= 15 is 0 Å². The number of anilines is 1. The number of benzene rings is 1. The molecule has 7 heteroatoms. The molecule has 0 atom stereocenters. The van der Waals surface area contributed by atoms with Crippen LogP contribution < -0.4 is 5.32 Å². The van der Waals surface area contributed by atoms with Crippen LogP contribution in [0.4, 0.5) is 5.13 Å². The lowest BCUT2D eigenvalue weighted by atomic mass is 10.1. The molecule has 2 heterocycles. The standard InChI is InChI=1S/C16H15N3O3S/c1-2-22-15(21)13-9-23-16(18-13)19-14(20)7-10-8-17-12-6-4-3-5-11(10)12/h3-6,8-9,17H,2,7H2,1H3,(H,18,19,20). The fourth-order valence-corrected chi connectivity index (χ4v) is 2.94. The molecular weight excluding hydrogens is 314 g/mol. The Balaban J connectivity index is 1.67. The number of ether oxygens (including phenoxy) is 1. The van der Waals surface area contributed by atoms with Gasteiger partial charge in [0.05, 0.1) is 13.0 Å². The SMILES string of the molecule is CCOC(=O)c1csc(NC(=O)Cc2c[nH]c3ccccc23)n1. The van der Waals surface area contributed by atoms with Crippen molar-refractivity contribution in [1.29, 1.82) is 0 Å². The van der Waals surface area contributed by atoms with Crippen molar-refractivity contribution in [1.82, 2.24) is 9.97 Å². The molecular formula is C16H15N3O3S. The van der Waals surface area contributed by atoms with Crippen molar-refractivity contribution >= 4 is 39.2 Å². The summed E-state index contributed by atoms with van der Waals surface area (Å²) in [5, 5.41) is 5.69. The molecule has 0 saturated heterocycles. The van der Waals surface area contributed by atoms with Crippen molar-refractivity contribution in [3.8, 4) is 0 Å². The summed E-state index contributed by atoms with van der Waals surface area (Å²) in [6.45, 7) is 2.02. The van der Waals surface area contributed by atoms with Gasteiger partial charge in [-0.3, -0.25) is 4.79 Å². The lowest BCUT2D eigenvalue weighted by molar-refractivity contribution is -0.115. The van der Waals surface area contributed by atoms with Crippen LogP contribution in [0.5, 0.6) is 0 Å². The molecule has 3 aromatic rings. The van der Waals surface area contributed by atoms with Crippen LogP contribution in [0.2, 0.25) is 0 Å². The molecule has 0 saturated carbocycles. The van der Waals surface area contributed by atoms with Crippen LogP contribution in [-0.4, -0.2) is 28.5 Å². The molecule has 2 aromatic heterocycles. The number of H-pyrrole nitrogens is 1. The minimum Gasteiger partial charge on any atom is -0.461 e. The number of carbonyl (C=O) groups is 2. The van der Waals surface area contributed by atoms with Crippen LogP contribution in [0.1, 0.15) is 23.0 Å². The smallest absolute Gasteiger partial charge is 0.357 e. The lowest BCUT2D eigenvalue weighted by Gasteiger charge is -2.01. The summed E-state index contributed by atoms with van der Waals surface area (Å²) < 4.78 is 4.87. The molecule has 3 rings (SSSR count). The van der Waals surface area contributed by atoms with E-state index in [0.717, 1.165) is 16.5 Å². The molecule has 0 fully saturated rings. The Bertz CT molecular complexity index is 853. The summed E-state index contributed by atoms with van der Waals surface area (Å²) in [6, 6.07) is 7.80. The van der Waals surface area contributed by atoms with Gasteiger partial charge >= 0.3 is 5.97 Å². The molecule has 23 heavy (non-hydrogen) atoms. The first-order chi connectivity index (χ1) is 11.2. The predicted molar refractivity (Wildman–Crippen MR) is 88.7 cm³/mol. The first-order valence-electron chi connectivity index (χ1n) is 7.15. The predicted octanol–water partition coefficient (Wildman–Crippen LogP) is 2.98. The number of nitrogens with one attached hydrogen (secondary N) is 2. The molecule has 0 aliphatic carbocycles. The number of hydrogen-bond donors (Lipinski definition) is 2. The van der Waals surface area contributed by atoms with Crippen molar-refractivity contribution in [2.75, 3.05) is 11.9 Å². The minimum absolute atomic E-state index is 0.181. The average Bonchev–Trinajstić information content (AvgIpc) is 3.15. The van der Waals surface area contributed by atoms with Crippen molar-refractivity contribution in [3.63, 3.8) is 0 Å². The van der Waals surface area contributed by atoms with Gasteiger partial charge in [-0.25, -0.2) is 9.78 Å². The Kier molecular flexibility index (Phi) is 4.38. The average molecular weight is 329 g/mol. The van der Waals surface area contributed by atoms with Gasteiger partial charge in [0.1, 0.15) is 0 Å². The lowest BCUT2D eigenvalue weighted by Crippen LogP contribution is -2.14. The fourth-order valence-electron chi connectivity index (χ4n) is 2.24. The highest BCUT2D eigenvalue weighted by Gasteiger charge is 2.14. The minimum atomic E-state index is -0.485. The Morgan fingerprint density at radius 2 is 2.17 bits per heavy atom. The van der Waals surface area contributed by atoms with Gasteiger partial charge in [0.2, 0.25) is 5.91 Å². The van der Waals surface area contributed by atoms with E-state index in [2.05, 4.69) is 15.3 Å². The van der Waals surface area contributed by atoms with E-state index < -0.39 is 5.97 Å². The molecule has 6 nitrogen and oxygen atoms in total. The molecule has 118 valence electrons. The molecule has 1 aromatic carbocycles. The number of hydrogen-bond acceptors (Lipinski definition) is 5. The van der Waals surface area contributed by atoms with Crippen LogP contribution in [-0.2, 0) is 16.0 Å². The molecule has 0 bridgehead atoms. The van der Waals surface area contributed by atoms with Crippen LogP contribution in [0.25, 0.3) is 10.9 Å². The number of para-hydroxylation sites is 1. The number of nitrogens with zero attached hydrogens (tertiary/aromatic N) is 1. The quantitative estimate of drug-likeness (QED) is 0.705. The molecule has 0 aliphatic heterocycles. The van der Waals surface area contributed by atoms with Crippen LogP contribution in [0.3, 0.4) is 0 Å². The maximum Gasteiger partial charge on any atom is 0.357 e. The maximum atomic E-state index is 12.2. The summed E-state index contributed by atoms with van der Waals surface area (Å²) in [7, 11) is 0. The third-order valence-electron chi connectivity index (χ3n) is 3.26. The highest BCUT2D eigenvalue weighted by atomic mass is 32.1. The topological polar surface area (TPSA) is 84.1 Å². The summed E-state index contributed by atoms with van der Waals surface area (Å²) >= 11 is 1.20. The number of fused-ring (bicyclic) bond motifs is 1. The van der Waals surface area contributed by atoms with Crippen LogP contribution in [0, 0.1) is 0 Å². The van der Waals surface area contributed by atoms with Gasteiger partial charge in [-0.1, -0.05) is 18.2 Å². The number of thiazole rings is 1. The third-order valence-corrected chi connectivity index (χ3v) is 4.02. The second-order valence-electron chi connectivity index (χ2n) is 4.84. The highest BCUT2D eigenvalue weighted by Crippen LogP contribution is 2.20. The Morgan fingerprint density at radius 1 is 1.35 bits per heavy atom. The highest BCUT2D eigenvalue weighted by molar-refractivity contribution is 7.14. The molecule has 0 spiro atoms. The summed E-state index contributed by atoms with van der Waals surface area (Å²) in [5.74, 6) is -0.666. The zero-order valence-electron chi connectivity index (χ0n) is 12.5. The monoisotopic (exact) mass is 329 g/mol. The van der Waals surface area contributed by atoms with Crippen LogP contribution >= 0.6 is 11.3 Å². The summed E-state index contributed by atoms with van der Waals surface area (Å²) in [6.07, 6.45) is 2.06. The number of rotatable bonds is 5. The first-order valence-corrected chi connectivity index (χ1v) is 8.03. The zero-order chi connectivity index (χ0) is 16.2. The molecule has 2 N–H and O–H groups in total. The van der Waals surface area contributed by atoms with E-state index in [1.165, 1.54) is 11.3 Å². The van der Waals surface area contributed by atoms with E-state index in [9.17, 15) is 9.59 Å². The van der Waals surface area contributed by atoms with E-state index in [1.807, 2.05) is 30.5 Å². The number of carbonyl (C=O) groups excluding carboxylic acids is 2. The van der Waals surface area contributed by atoms with Crippen molar-refractivity contribution < 1.29 is 14.3 Å². The number of aromatic amines is 1. The molecule has 1 amide bonds. The molecule has 0 aliphatic rings. The fraction of sp³-hybridized carbons (Fsp3) is 0.188. The van der Waals surface area contributed by atoms with E-state index in [1.54, 1.807) is 12.3 Å². The molecule has 0 radical (unpaired) electrons. The van der Waals surface area contributed by atoms with Gasteiger partial charge in [-0.15, -0.1) is 11.3 Å². The Morgan fingerprint density at radius 3 is 3.00 bits per heavy atom. The number of esters is 1. The van der Waals surface area contributed by atoms with Gasteiger partial charge in [-0.2, -0.15) is 0 Å². The normalized spacial score (nSPS) is 10.7. The van der Waals surface area contributed by atoms with Crippen molar-refractivity contribution in [2.45, 2.75) is 13.3 Å². The van der Waals surface area contributed by atoms with E-state index in [0.29, 0.717) is 11.7 Å². The second-order valence-corrected chi connectivity index (χ2v) is 5.70. The second kappa shape index (κ2) is 6.62. The van der Waals surface area contributed by atoms with Gasteiger partial charge in [0.15, 0.2) is 10.8 Å². The van der Waals surface area contributed by atoms with Gasteiger partial charge < -0.3 is 15.0 Å². The van der Waals surface area contributed by atoms with Gasteiger partial charge in [0, 0.05) is 22.5 Å². The number of aromatic nitrogens is 2. The molecule has 0 unspecified atom stereocenters. The zero-order valence-corrected chi connectivity index (χ0v) is 13.3. The summed E-state index contributed by atoms with van der Waals surface area (Å²) in [4.78, 5) is 30.9.